The summed E-state index contributed by atoms with van der Waals surface area (Å²) in [5.41, 5.74) is 1.85. The Hall–Kier alpha value is -2.26. The lowest BCUT2D eigenvalue weighted by Gasteiger charge is -2.21. The number of aryl methyl sites for hydroxylation is 3. The average molecular weight is 458 g/mol. The van der Waals surface area contributed by atoms with Gasteiger partial charge in [0.1, 0.15) is 10.7 Å². The van der Waals surface area contributed by atoms with Crippen molar-refractivity contribution >= 4 is 43.9 Å². The lowest BCUT2D eigenvalue weighted by molar-refractivity contribution is 0.0771. The molecule has 164 valence electrons. The zero-order chi connectivity index (χ0) is 21.5. The lowest BCUT2D eigenvalue weighted by atomic mass is 10.2. The summed E-state index contributed by atoms with van der Waals surface area (Å²) >= 11 is 3.05. The summed E-state index contributed by atoms with van der Waals surface area (Å²) in [6.45, 7) is 7.70. The van der Waals surface area contributed by atoms with E-state index in [2.05, 4.69) is 15.3 Å². The first-order chi connectivity index (χ1) is 15.0. The van der Waals surface area contributed by atoms with E-state index in [1.54, 1.807) is 11.3 Å². The van der Waals surface area contributed by atoms with Gasteiger partial charge in [-0.05, 0) is 38.7 Å². The number of carbonyl (C=O) groups is 1. The zero-order valence-electron chi connectivity index (χ0n) is 18.0. The maximum Gasteiger partial charge on any atom is 0.264 e. The number of thiophene rings is 1. The SMILES string of the molecule is Cc1csc(N2CCCN(C(=O)c3sc4nc5n(c(=O)c4c3C)CCCCC5)CC2)n1. The van der Waals surface area contributed by atoms with Crippen LogP contribution < -0.4 is 10.5 Å². The van der Waals surface area contributed by atoms with Crippen LogP contribution in [0, 0.1) is 13.8 Å². The molecular formula is C22H27N5O2S2. The van der Waals surface area contributed by atoms with Gasteiger partial charge in [-0.1, -0.05) is 6.42 Å². The summed E-state index contributed by atoms with van der Waals surface area (Å²) < 4.78 is 1.84. The number of thiazole rings is 1. The second kappa shape index (κ2) is 8.35. The fourth-order valence-corrected chi connectivity index (χ4v) is 6.57. The number of nitrogens with zero attached hydrogens (tertiary/aromatic N) is 5. The first kappa shape index (κ1) is 20.6. The minimum absolute atomic E-state index is 0.0240. The van der Waals surface area contributed by atoms with Crippen LogP contribution in [0.3, 0.4) is 0 Å². The largest absolute Gasteiger partial charge is 0.346 e. The maximum atomic E-state index is 13.4. The highest BCUT2D eigenvalue weighted by atomic mass is 32.1. The molecule has 1 saturated heterocycles. The molecule has 3 aromatic rings. The molecule has 31 heavy (non-hydrogen) atoms. The zero-order valence-corrected chi connectivity index (χ0v) is 19.7. The van der Waals surface area contributed by atoms with E-state index >= 15 is 0 Å². The van der Waals surface area contributed by atoms with E-state index in [0.717, 1.165) is 80.5 Å². The number of carbonyl (C=O) groups excluding carboxylic acids is 1. The molecule has 9 heteroatoms. The highest BCUT2D eigenvalue weighted by Crippen LogP contribution is 2.30. The molecule has 0 aliphatic carbocycles. The van der Waals surface area contributed by atoms with Crippen LogP contribution in [0.5, 0.6) is 0 Å². The van der Waals surface area contributed by atoms with Crippen molar-refractivity contribution in [3.63, 3.8) is 0 Å². The molecule has 0 aromatic carbocycles. The van der Waals surface area contributed by atoms with E-state index < -0.39 is 0 Å². The van der Waals surface area contributed by atoms with Gasteiger partial charge in [0, 0.05) is 44.5 Å². The van der Waals surface area contributed by atoms with Gasteiger partial charge in [-0.25, -0.2) is 9.97 Å². The van der Waals surface area contributed by atoms with Gasteiger partial charge in [0.2, 0.25) is 0 Å². The van der Waals surface area contributed by atoms with Gasteiger partial charge in [-0.3, -0.25) is 14.2 Å². The second-order valence-corrected chi connectivity index (χ2v) is 10.3. The normalized spacial score (nSPS) is 17.5. The molecular weight excluding hydrogens is 430 g/mol. The summed E-state index contributed by atoms with van der Waals surface area (Å²) in [4.78, 5) is 41.7. The summed E-state index contributed by atoms with van der Waals surface area (Å²) in [5, 5.41) is 3.73. The van der Waals surface area contributed by atoms with Gasteiger partial charge in [-0.15, -0.1) is 22.7 Å². The number of rotatable bonds is 2. The minimum Gasteiger partial charge on any atom is -0.346 e. The van der Waals surface area contributed by atoms with Crippen LogP contribution in [0.1, 0.15) is 52.4 Å². The Morgan fingerprint density at radius 1 is 1.00 bits per heavy atom. The van der Waals surface area contributed by atoms with Crippen molar-refractivity contribution in [3.8, 4) is 0 Å². The van der Waals surface area contributed by atoms with Crippen molar-refractivity contribution in [2.75, 3.05) is 31.1 Å². The van der Waals surface area contributed by atoms with Crippen LogP contribution in [0.25, 0.3) is 10.2 Å². The lowest BCUT2D eigenvalue weighted by Crippen LogP contribution is -2.35. The van der Waals surface area contributed by atoms with Crippen LogP contribution in [0.4, 0.5) is 5.13 Å². The molecule has 5 heterocycles. The number of hydrogen-bond acceptors (Lipinski definition) is 7. The molecule has 0 N–H and O–H groups in total. The van der Waals surface area contributed by atoms with E-state index in [9.17, 15) is 9.59 Å². The van der Waals surface area contributed by atoms with Crippen molar-refractivity contribution in [1.29, 1.82) is 0 Å². The molecule has 0 atom stereocenters. The predicted octanol–water partition coefficient (Wildman–Crippen LogP) is 3.61. The third kappa shape index (κ3) is 3.78. The minimum atomic E-state index is 0.0240. The Labute approximate surface area is 189 Å². The molecule has 7 nitrogen and oxygen atoms in total. The summed E-state index contributed by atoms with van der Waals surface area (Å²) in [7, 11) is 0. The molecule has 0 radical (unpaired) electrons. The van der Waals surface area contributed by atoms with Crippen LogP contribution >= 0.6 is 22.7 Å². The number of anilines is 1. The molecule has 0 saturated carbocycles. The van der Waals surface area contributed by atoms with Crippen molar-refractivity contribution in [2.24, 2.45) is 0 Å². The molecule has 5 rings (SSSR count). The summed E-state index contributed by atoms with van der Waals surface area (Å²) in [5.74, 6) is 0.900. The third-order valence-electron chi connectivity index (χ3n) is 6.27. The van der Waals surface area contributed by atoms with Crippen LogP contribution in [0.15, 0.2) is 10.2 Å². The Balaban J connectivity index is 1.42. The van der Waals surface area contributed by atoms with Crippen LogP contribution in [0.2, 0.25) is 0 Å². The number of hydrogen-bond donors (Lipinski definition) is 0. The van der Waals surface area contributed by atoms with E-state index in [1.165, 1.54) is 11.3 Å². The standard InChI is InChI=1S/C22H27N5O2S2/c1-14-13-30-22(23-14)26-9-6-8-25(11-12-26)21(29)18-15(2)17-19(31-18)24-16-7-4-3-5-10-27(16)20(17)28/h13H,3-12H2,1-2H3. The number of fused-ring (bicyclic) bond motifs is 2. The predicted molar refractivity (Wildman–Crippen MR) is 126 cm³/mol. The topological polar surface area (TPSA) is 71.3 Å². The molecule has 1 amide bonds. The van der Waals surface area contributed by atoms with Crippen molar-refractivity contribution in [3.05, 3.63) is 37.7 Å². The molecule has 2 aliphatic rings. The van der Waals surface area contributed by atoms with Gasteiger partial charge >= 0.3 is 0 Å². The van der Waals surface area contributed by atoms with Crippen molar-refractivity contribution in [1.82, 2.24) is 19.4 Å². The van der Waals surface area contributed by atoms with Crippen LogP contribution in [-0.4, -0.2) is 51.5 Å². The Kier molecular flexibility index (Phi) is 5.56. The van der Waals surface area contributed by atoms with Gasteiger partial charge in [-0.2, -0.15) is 0 Å². The maximum absolute atomic E-state index is 13.4. The third-order valence-corrected chi connectivity index (χ3v) is 8.46. The average Bonchev–Trinajstić information content (AvgIpc) is 3.11. The van der Waals surface area contributed by atoms with E-state index in [4.69, 9.17) is 4.98 Å². The first-order valence-electron chi connectivity index (χ1n) is 11.0. The number of amides is 1. The molecule has 0 unspecified atom stereocenters. The van der Waals surface area contributed by atoms with E-state index in [1.807, 2.05) is 23.3 Å². The van der Waals surface area contributed by atoms with Gasteiger partial charge in [0.15, 0.2) is 5.13 Å². The monoisotopic (exact) mass is 457 g/mol. The highest BCUT2D eigenvalue weighted by Gasteiger charge is 2.27. The van der Waals surface area contributed by atoms with Crippen LogP contribution in [-0.2, 0) is 13.0 Å². The Morgan fingerprint density at radius 2 is 1.87 bits per heavy atom. The fraction of sp³-hybridized carbons (Fsp3) is 0.545. The van der Waals surface area contributed by atoms with E-state index in [0.29, 0.717) is 21.6 Å². The van der Waals surface area contributed by atoms with Gasteiger partial charge < -0.3 is 9.80 Å². The van der Waals surface area contributed by atoms with E-state index in [-0.39, 0.29) is 11.5 Å². The Bertz CT molecular complexity index is 1190. The summed E-state index contributed by atoms with van der Waals surface area (Å²) in [6, 6.07) is 0. The number of aromatic nitrogens is 3. The highest BCUT2D eigenvalue weighted by molar-refractivity contribution is 7.20. The summed E-state index contributed by atoms with van der Waals surface area (Å²) in [6.07, 6.45) is 4.95. The molecule has 2 aliphatic heterocycles. The van der Waals surface area contributed by atoms with Crippen molar-refractivity contribution < 1.29 is 4.79 Å². The Morgan fingerprint density at radius 3 is 2.68 bits per heavy atom. The molecule has 1 fully saturated rings. The molecule has 0 bridgehead atoms. The van der Waals surface area contributed by atoms with Gasteiger partial charge in [0.25, 0.3) is 11.5 Å². The smallest absolute Gasteiger partial charge is 0.264 e. The quantitative estimate of drug-likeness (QED) is 0.588. The first-order valence-corrected chi connectivity index (χ1v) is 12.7. The van der Waals surface area contributed by atoms with Crippen molar-refractivity contribution in [2.45, 2.75) is 52.5 Å². The fourth-order valence-electron chi connectivity index (χ4n) is 4.56. The molecule has 3 aromatic heterocycles. The van der Waals surface area contributed by atoms with Gasteiger partial charge in [0.05, 0.1) is 16.0 Å². The second-order valence-electron chi connectivity index (χ2n) is 8.44. The molecule has 0 spiro atoms.